The van der Waals surface area contributed by atoms with Gasteiger partial charge in [0.2, 0.25) is 0 Å². The Morgan fingerprint density at radius 2 is 2.20 bits per heavy atom. The van der Waals surface area contributed by atoms with Crippen LogP contribution in [0.2, 0.25) is 0 Å². The second-order valence-corrected chi connectivity index (χ2v) is 8.04. The molecule has 2 heterocycles. The van der Waals surface area contributed by atoms with Crippen molar-refractivity contribution < 1.29 is 9.53 Å². The van der Waals surface area contributed by atoms with Crippen LogP contribution in [0.1, 0.15) is 40.0 Å². The number of fused-ring (bicyclic) bond motifs is 4. The molecule has 3 heteroatoms. The molecule has 1 saturated carbocycles. The van der Waals surface area contributed by atoms with E-state index in [0.29, 0.717) is 30.1 Å². The average Bonchev–Trinajstić information content (AvgIpc) is 2.88. The number of hydrogen-bond donors (Lipinski definition) is 0. The number of nitrogens with zero attached hydrogens (tertiary/aromatic N) is 1. The monoisotopic (exact) mass is 275 g/mol. The number of ether oxygens (including phenoxy) is 1. The fourth-order valence-corrected chi connectivity index (χ4v) is 4.91. The van der Waals surface area contributed by atoms with Crippen molar-refractivity contribution in [3.8, 4) is 0 Å². The van der Waals surface area contributed by atoms with Gasteiger partial charge in [0, 0.05) is 31.3 Å². The van der Waals surface area contributed by atoms with Crippen LogP contribution >= 0.6 is 0 Å². The van der Waals surface area contributed by atoms with E-state index in [-0.39, 0.29) is 11.6 Å². The molecule has 3 fully saturated rings. The molecular weight excluding hydrogens is 250 g/mol. The molecule has 0 N–H and O–H groups in total. The second kappa shape index (κ2) is 4.17. The molecule has 0 aromatic rings. The molecule has 0 aromatic carbocycles. The molecule has 2 aliphatic heterocycles. The number of allylic oxidation sites excluding steroid dienone is 1. The minimum atomic E-state index is 0.165. The summed E-state index contributed by atoms with van der Waals surface area (Å²) >= 11 is 0. The smallest absolute Gasteiger partial charge is 0.156 e. The first-order valence-corrected chi connectivity index (χ1v) is 8.08. The molecule has 20 heavy (non-hydrogen) atoms. The van der Waals surface area contributed by atoms with E-state index >= 15 is 0 Å². The number of hydrogen-bond acceptors (Lipinski definition) is 3. The SMILES string of the molecule is CC1CCC(C)(C)C2OC3[C@H]4CC(=O)C=C4CN3CC12. The van der Waals surface area contributed by atoms with E-state index in [1.165, 1.54) is 18.4 Å². The van der Waals surface area contributed by atoms with Crippen molar-refractivity contribution in [2.45, 2.75) is 52.4 Å². The highest BCUT2D eigenvalue weighted by molar-refractivity contribution is 5.94. The third kappa shape index (κ3) is 1.75. The third-order valence-electron chi connectivity index (χ3n) is 6.20. The van der Waals surface area contributed by atoms with Crippen LogP contribution in [0.3, 0.4) is 0 Å². The lowest BCUT2D eigenvalue weighted by molar-refractivity contribution is -0.221. The van der Waals surface area contributed by atoms with Gasteiger partial charge in [0.05, 0.1) is 6.10 Å². The van der Waals surface area contributed by atoms with Gasteiger partial charge >= 0.3 is 0 Å². The first-order valence-electron chi connectivity index (χ1n) is 8.08. The Balaban J connectivity index is 1.63. The van der Waals surface area contributed by atoms with Gasteiger partial charge in [-0.3, -0.25) is 9.69 Å². The van der Waals surface area contributed by atoms with Crippen molar-refractivity contribution in [2.24, 2.45) is 23.2 Å². The minimum absolute atomic E-state index is 0.165. The van der Waals surface area contributed by atoms with E-state index < -0.39 is 0 Å². The van der Waals surface area contributed by atoms with Crippen LogP contribution in [0.5, 0.6) is 0 Å². The van der Waals surface area contributed by atoms with E-state index in [1.54, 1.807) is 0 Å². The lowest BCUT2D eigenvalue weighted by atomic mass is 9.64. The Hall–Kier alpha value is -0.670. The molecule has 4 rings (SSSR count). The van der Waals surface area contributed by atoms with E-state index in [1.807, 2.05) is 6.08 Å². The largest absolute Gasteiger partial charge is 0.358 e. The van der Waals surface area contributed by atoms with Gasteiger partial charge in [-0.15, -0.1) is 0 Å². The normalized spacial score (nSPS) is 46.6. The van der Waals surface area contributed by atoms with Crippen molar-refractivity contribution in [1.29, 1.82) is 0 Å². The predicted octanol–water partition coefficient (Wildman–Crippen LogP) is 2.61. The quantitative estimate of drug-likeness (QED) is 0.680. The molecule has 2 saturated heterocycles. The van der Waals surface area contributed by atoms with E-state index in [0.717, 1.165) is 19.0 Å². The maximum atomic E-state index is 11.6. The van der Waals surface area contributed by atoms with Crippen LogP contribution < -0.4 is 0 Å². The van der Waals surface area contributed by atoms with Crippen LogP contribution in [0.15, 0.2) is 11.6 Å². The first kappa shape index (κ1) is 13.0. The Labute approximate surface area is 121 Å². The number of rotatable bonds is 0. The van der Waals surface area contributed by atoms with E-state index in [4.69, 9.17) is 4.74 Å². The van der Waals surface area contributed by atoms with Gasteiger partial charge in [0.25, 0.3) is 0 Å². The summed E-state index contributed by atoms with van der Waals surface area (Å²) in [6, 6.07) is 0. The lowest BCUT2D eigenvalue weighted by Crippen LogP contribution is -2.58. The molecular formula is C17H25NO2. The maximum Gasteiger partial charge on any atom is 0.156 e. The molecule has 0 amide bonds. The summed E-state index contributed by atoms with van der Waals surface area (Å²) < 4.78 is 6.60. The number of carbonyl (C=O) groups is 1. The highest BCUT2D eigenvalue weighted by Crippen LogP contribution is 2.50. The summed E-state index contributed by atoms with van der Waals surface area (Å²) in [6.07, 6.45) is 5.66. The van der Waals surface area contributed by atoms with Crippen molar-refractivity contribution >= 4 is 5.78 Å². The van der Waals surface area contributed by atoms with Gasteiger partial charge in [-0.1, -0.05) is 20.8 Å². The topological polar surface area (TPSA) is 29.5 Å². The van der Waals surface area contributed by atoms with Gasteiger partial charge in [0.15, 0.2) is 5.78 Å². The van der Waals surface area contributed by atoms with E-state index in [2.05, 4.69) is 25.7 Å². The predicted molar refractivity (Wildman–Crippen MR) is 77.1 cm³/mol. The van der Waals surface area contributed by atoms with Crippen molar-refractivity contribution in [2.75, 3.05) is 13.1 Å². The fraction of sp³-hybridized carbons (Fsp3) is 0.824. The van der Waals surface area contributed by atoms with Crippen molar-refractivity contribution in [1.82, 2.24) is 4.90 Å². The second-order valence-electron chi connectivity index (χ2n) is 8.04. The van der Waals surface area contributed by atoms with Crippen LogP contribution in [0.4, 0.5) is 0 Å². The summed E-state index contributed by atoms with van der Waals surface area (Å²) in [5.74, 6) is 2.05. The van der Waals surface area contributed by atoms with Crippen molar-refractivity contribution in [3.63, 3.8) is 0 Å². The van der Waals surface area contributed by atoms with Crippen LogP contribution in [-0.2, 0) is 9.53 Å². The number of carbonyl (C=O) groups excluding carboxylic acids is 1. The van der Waals surface area contributed by atoms with Gasteiger partial charge in [0.1, 0.15) is 6.23 Å². The van der Waals surface area contributed by atoms with Crippen LogP contribution in [-0.4, -0.2) is 36.1 Å². The molecule has 0 bridgehead atoms. The highest BCUT2D eigenvalue weighted by Gasteiger charge is 2.53. The van der Waals surface area contributed by atoms with Crippen LogP contribution in [0.25, 0.3) is 0 Å². The Morgan fingerprint density at radius 1 is 1.40 bits per heavy atom. The lowest BCUT2D eigenvalue weighted by Gasteiger charge is -2.53. The van der Waals surface area contributed by atoms with E-state index in [9.17, 15) is 4.79 Å². The Bertz CT molecular complexity index is 481. The molecule has 0 spiro atoms. The molecule has 4 aliphatic rings. The molecule has 0 aromatic heterocycles. The van der Waals surface area contributed by atoms with Gasteiger partial charge in [-0.2, -0.15) is 0 Å². The zero-order chi connectivity index (χ0) is 14.1. The summed E-state index contributed by atoms with van der Waals surface area (Å²) in [5.41, 5.74) is 1.60. The molecule has 110 valence electrons. The minimum Gasteiger partial charge on any atom is -0.358 e. The third-order valence-corrected chi connectivity index (χ3v) is 6.20. The highest BCUT2D eigenvalue weighted by atomic mass is 16.5. The summed E-state index contributed by atoms with van der Waals surface area (Å²) in [4.78, 5) is 14.1. The maximum absolute atomic E-state index is 11.6. The van der Waals surface area contributed by atoms with Gasteiger partial charge < -0.3 is 4.74 Å². The Kier molecular flexibility index (Phi) is 2.72. The average molecular weight is 275 g/mol. The molecule has 4 unspecified atom stereocenters. The fourth-order valence-electron chi connectivity index (χ4n) is 4.91. The zero-order valence-electron chi connectivity index (χ0n) is 12.8. The Morgan fingerprint density at radius 3 is 3.00 bits per heavy atom. The summed E-state index contributed by atoms with van der Waals surface area (Å²) in [5, 5.41) is 0. The first-order chi connectivity index (χ1) is 9.45. The molecule has 2 aliphatic carbocycles. The van der Waals surface area contributed by atoms with Gasteiger partial charge in [-0.05, 0) is 35.8 Å². The standard InChI is InChI=1S/C17H25NO2/c1-10-4-5-17(2,3)15-14(10)9-18-8-11-6-12(19)7-13(11)16(18)20-15/h6,10,13-16H,4-5,7-9H2,1-3H3/t10?,13-,14?,15?,16?/m0/s1. The molecule has 3 nitrogen and oxygen atoms in total. The van der Waals surface area contributed by atoms with Crippen LogP contribution in [0, 0.1) is 23.2 Å². The van der Waals surface area contributed by atoms with Crippen molar-refractivity contribution in [3.05, 3.63) is 11.6 Å². The van der Waals surface area contributed by atoms with Gasteiger partial charge in [-0.25, -0.2) is 0 Å². The zero-order valence-corrected chi connectivity index (χ0v) is 12.8. The summed E-state index contributed by atoms with van der Waals surface area (Å²) in [6.45, 7) is 9.21. The molecule has 0 radical (unpaired) electrons. The summed E-state index contributed by atoms with van der Waals surface area (Å²) in [7, 11) is 0. The number of ketones is 1. The molecule has 5 atom stereocenters.